The predicted octanol–water partition coefficient (Wildman–Crippen LogP) is 9.78. The Morgan fingerprint density at radius 3 is 1.19 bits per heavy atom. The molecule has 0 saturated carbocycles. The maximum Gasteiger partial charge on any atom is 0.317 e. The fourth-order valence-electron chi connectivity index (χ4n) is 3.14. The van der Waals surface area contributed by atoms with Crippen molar-refractivity contribution in [1.82, 2.24) is 0 Å². The van der Waals surface area contributed by atoms with Gasteiger partial charge in [0.25, 0.3) is 6.08 Å². The molecule has 0 rings (SSSR count). The Morgan fingerprint density at radius 1 is 0.577 bits per heavy atom. The summed E-state index contributed by atoms with van der Waals surface area (Å²) in [5.41, 5.74) is -1.57. The van der Waals surface area contributed by atoms with E-state index >= 15 is 0 Å². The van der Waals surface area contributed by atoms with Crippen LogP contribution in [0.5, 0.6) is 0 Å². The molecule has 0 atom stereocenters. The fourth-order valence-corrected chi connectivity index (χ4v) is 5.56. The molecule has 0 aliphatic heterocycles. The van der Waals surface area contributed by atoms with Gasteiger partial charge < -0.3 is 0 Å². The van der Waals surface area contributed by atoms with Gasteiger partial charge in [0.2, 0.25) is 0 Å². The van der Waals surface area contributed by atoms with Crippen molar-refractivity contribution in [3.8, 4) is 0 Å². The van der Waals surface area contributed by atoms with Crippen molar-refractivity contribution in [2.24, 2.45) is 0 Å². The quantitative estimate of drug-likeness (QED) is 0.115. The topological polar surface area (TPSA) is 0 Å². The highest BCUT2D eigenvalue weighted by molar-refractivity contribution is 7.48. The van der Waals surface area contributed by atoms with Crippen LogP contribution < -0.4 is 0 Å². The molecule has 0 radical (unpaired) electrons. The number of halogens is 5. The maximum absolute atomic E-state index is 13.1. The lowest BCUT2D eigenvalue weighted by molar-refractivity contribution is 0.392. The summed E-state index contributed by atoms with van der Waals surface area (Å²) in [5, 5.41) is 0. The average molecular weight is 434 g/mol. The third-order valence-electron chi connectivity index (χ3n) is 4.83. The minimum atomic E-state index is -3.57. The zero-order valence-electron chi connectivity index (χ0n) is 16.4. The second-order valence-corrected chi connectivity index (χ2v) is 14.1. The van der Waals surface area contributed by atoms with Gasteiger partial charge in [-0.05, 0) is 6.04 Å². The molecule has 0 spiro atoms. The lowest BCUT2D eigenvalue weighted by atomic mass is 10.0. The molecule has 156 valence electrons. The van der Waals surface area contributed by atoms with Crippen molar-refractivity contribution in [3.63, 3.8) is 0 Å². The van der Waals surface area contributed by atoms with Gasteiger partial charge in [-0.2, -0.15) is 8.78 Å². The summed E-state index contributed by atoms with van der Waals surface area (Å²) >= 11 is 11.5. The Morgan fingerprint density at radius 2 is 0.885 bits per heavy atom. The average Bonchev–Trinajstić information content (AvgIpc) is 2.60. The van der Waals surface area contributed by atoms with E-state index in [1.165, 1.54) is 77.0 Å². The SMILES string of the molecule is CCCCCCCCCCCCCCCCCC[Si](Cl)(Cl)C(F)=C(F)F. The Hall–Kier alpha value is 0.327. The van der Waals surface area contributed by atoms with Crippen molar-refractivity contribution in [2.75, 3.05) is 0 Å². The first kappa shape index (κ1) is 26.3. The standard InChI is InChI=1S/C20H37Cl2F3Si/c1-2-3-4-5-6-7-8-9-10-11-12-13-14-15-16-17-18-26(21,22)20(25)19(23)24/h2-18H2,1H3. The van der Waals surface area contributed by atoms with Crippen LogP contribution in [0, 0.1) is 0 Å². The molecule has 0 fully saturated rings. The number of rotatable bonds is 18. The fraction of sp³-hybridized carbons (Fsp3) is 0.900. The third kappa shape index (κ3) is 15.4. The molecule has 0 aromatic carbocycles. The van der Waals surface area contributed by atoms with E-state index in [4.69, 9.17) is 22.2 Å². The highest BCUT2D eigenvalue weighted by Gasteiger charge is 2.37. The second kappa shape index (κ2) is 17.4. The van der Waals surface area contributed by atoms with Crippen LogP contribution >= 0.6 is 22.2 Å². The molecule has 0 bridgehead atoms. The van der Waals surface area contributed by atoms with Crippen LogP contribution in [0.15, 0.2) is 11.5 Å². The van der Waals surface area contributed by atoms with Crippen molar-refractivity contribution in [2.45, 2.75) is 116 Å². The Balaban J connectivity index is 3.31. The Kier molecular flexibility index (Phi) is 17.6. The van der Waals surface area contributed by atoms with Crippen molar-refractivity contribution in [3.05, 3.63) is 11.5 Å². The van der Waals surface area contributed by atoms with Gasteiger partial charge in [0.15, 0.2) is 5.45 Å². The summed E-state index contributed by atoms with van der Waals surface area (Å²) in [6.45, 7) is -1.32. The number of hydrogen-bond donors (Lipinski definition) is 0. The monoisotopic (exact) mass is 432 g/mol. The predicted molar refractivity (Wildman–Crippen MR) is 112 cm³/mol. The molecule has 0 aromatic heterocycles. The molecular formula is C20H37Cl2F3Si. The van der Waals surface area contributed by atoms with E-state index in [0.29, 0.717) is 6.42 Å². The van der Waals surface area contributed by atoms with Crippen LogP contribution in [0.1, 0.15) is 110 Å². The van der Waals surface area contributed by atoms with E-state index in [0.717, 1.165) is 19.3 Å². The summed E-state index contributed by atoms with van der Waals surface area (Å²) in [4.78, 5) is 0. The summed E-state index contributed by atoms with van der Waals surface area (Å²) in [6, 6.07) is 0.164. The molecule has 0 unspecified atom stereocenters. The van der Waals surface area contributed by atoms with E-state index in [-0.39, 0.29) is 6.04 Å². The molecular weight excluding hydrogens is 396 g/mol. The Bertz CT molecular complexity index is 359. The summed E-state index contributed by atoms with van der Waals surface area (Å²) in [7, 11) is 0. The maximum atomic E-state index is 13.1. The van der Waals surface area contributed by atoms with Crippen molar-refractivity contribution in [1.29, 1.82) is 0 Å². The van der Waals surface area contributed by atoms with Crippen LogP contribution in [0.3, 0.4) is 0 Å². The minimum absolute atomic E-state index is 0.164. The van der Waals surface area contributed by atoms with Crippen LogP contribution in [-0.4, -0.2) is 6.69 Å². The van der Waals surface area contributed by atoms with Crippen molar-refractivity contribution >= 4 is 28.9 Å². The van der Waals surface area contributed by atoms with Gasteiger partial charge in [0.1, 0.15) is 0 Å². The molecule has 26 heavy (non-hydrogen) atoms. The second-order valence-electron chi connectivity index (χ2n) is 7.33. The summed E-state index contributed by atoms with van der Waals surface area (Å²) in [6.07, 6.45) is 17.5. The van der Waals surface area contributed by atoms with Crippen molar-refractivity contribution < 1.29 is 13.2 Å². The molecule has 0 heterocycles. The van der Waals surface area contributed by atoms with E-state index < -0.39 is 18.2 Å². The highest BCUT2D eigenvalue weighted by atomic mass is 35.7. The van der Waals surface area contributed by atoms with E-state index in [1.807, 2.05) is 0 Å². The van der Waals surface area contributed by atoms with Gasteiger partial charge in [-0.3, -0.25) is 0 Å². The summed E-state index contributed by atoms with van der Waals surface area (Å²) < 4.78 is 37.5. The first-order valence-corrected chi connectivity index (χ1v) is 14.7. The molecule has 0 nitrogen and oxygen atoms in total. The Labute approximate surface area is 169 Å². The lowest BCUT2D eigenvalue weighted by Gasteiger charge is -2.13. The van der Waals surface area contributed by atoms with Crippen LogP contribution in [-0.2, 0) is 0 Å². The molecule has 0 saturated heterocycles. The molecule has 6 heteroatoms. The molecule has 0 amide bonds. The lowest BCUT2D eigenvalue weighted by Crippen LogP contribution is -2.21. The molecule has 0 N–H and O–H groups in total. The van der Waals surface area contributed by atoms with Gasteiger partial charge in [-0.1, -0.05) is 110 Å². The number of unbranched alkanes of at least 4 members (excludes halogenated alkanes) is 15. The number of hydrogen-bond acceptors (Lipinski definition) is 0. The molecule has 0 aliphatic rings. The minimum Gasteiger partial charge on any atom is -0.208 e. The summed E-state index contributed by atoms with van der Waals surface area (Å²) in [5.74, 6) is 0. The largest absolute Gasteiger partial charge is 0.317 e. The normalized spacial score (nSPS) is 11.8. The van der Waals surface area contributed by atoms with E-state index in [2.05, 4.69) is 6.92 Å². The van der Waals surface area contributed by atoms with Crippen LogP contribution in [0.4, 0.5) is 13.2 Å². The smallest absolute Gasteiger partial charge is 0.208 e. The van der Waals surface area contributed by atoms with Crippen LogP contribution in [0.25, 0.3) is 0 Å². The van der Waals surface area contributed by atoms with Crippen LogP contribution in [0.2, 0.25) is 6.04 Å². The zero-order chi connectivity index (χ0) is 19.7. The zero-order valence-corrected chi connectivity index (χ0v) is 18.9. The highest BCUT2D eigenvalue weighted by Crippen LogP contribution is 2.34. The third-order valence-corrected chi connectivity index (χ3v) is 8.77. The van der Waals surface area contributed by atoms with E-state index in [1.54, 1.807) is 0 Å². The van der Waals surface area contributed by atoms with Gasteiger partial charge >= 0.3 is 6.69 Å². The first-order chi connectivity index (χ1) is 12.4. The van der Waals surface area contributed by atoms with Gasteiger partial charge in [-0.25, -0.2) is 4.39 Å². The van der Waals surface area contributed by atoms with Gasteiger partial charge in [0, 0.05) is 0 Å². The van der Waals surface area contributed by atoms with Gasteiger partial charge in [-0.15, -0.1) is 22.2 Å². The molecule has 0 aliphatic carbocycles. The molecule has 0 aromatic rings. The van der Waals surface area contributed by atoms with Gasteiger partial charge in [0.05, 0.1) is 0 Å². The van der Waals surface area contributed by atoms with E-state index in [9.17, 15) is 13.2 Å². The first-order valence-electron chi connectivity index (χ1n) is 10.5.